The van der Waals surface area contributed by atoms with Crippen molar-refractivity contribution >= 4 is 5.69 Å². The van der Waals surface area contributed by atoms with Gasteiger partial charge in [0.05, 0.1) is 7.11 Å². The molecule has 0 aromatic heterocycles. The number of benzene rings is 1. The van der Waals surface area contributed by atoms with Crippen LogP contribution in [0.2, 0.25) is 0 Å². The smallest absolute Gasteiger partial charge is 0.120 e. The van der Waals surface area contributed by atoms with Crippen LogP contribution in [0, 0.1) is 5.41 Å². The van der Waals surface area contributed by atoms with Crippen molar-refractivity contribution in [1.29, 1.82) is 0 Å². The van der Waals surface area contributed by atoms with Gasteiger partial charge in [-0.25, -0.2) is 0 Å². The fraction of sp³-hybridized carbons (Fsp3) is 0.647. The zero-order valence-electron chi connectivity index (χ0n) is 14.1. The third-order valence-corrected chi connectivity index (χ3v) is 3.26. The molecule has 0 aliphatic carbocycles. The Morgan fingerprint density at radius 2 is 1.80 bits per heavy atom. The van der Waals surface area contributed by atoms with Crippen LogP contribution in [0.4, 0.5) is 5.69 Å². The Bertz CT molecular complexity index is 421. The highest BCUT2D eigenvalue weighted by atomic mass is 16.5. The summed E-state index contributed by atoms with van der Waals surface area (Å²) in [4.78, 5) is 2.28. The largest absolute Gasteiger partial charge is 0.497 e. The van der Waals surface area contributed by atoms with Gasteiger partial charge in [-0.1, -0.05) is 19.9 Å². The molecule has 0 unspecified atom stereocenters. The minimum absolute atomic E-state index is 0.159. The summed E-state index contributed by atoms with van der Waals surface area (Å²) in [6, 6.07) is 8.21. The number of hydrogen-bond donors (Lipinski definition) is 1. The lowest BCUT2D eigenvalue weighted by Crippen LogP contribution is -2.45. The Morgan fingerprint density at radius 1 is 1.15 bits per heavy atom. The summed E-state index contributed by atoms with van der Waals surface area (Å²) in [5, 5.41) is 3.59. The first-order chi connectivity index (χ1) is 9.13. The van der Waals surface area contributed by atoms with Gasteiger partial charge in [0.1, 0.15) is 5.75 Å². The first-order valence-corrected chi connectivity index (χ1v) is 7.23. The van der Waals surface area contributed by atoms with E-state index in [0.29, 0.717) is 0 Å². The van der Waals surface area contributed by atoms with Crippen LogP contribution in [-0.2, 0) is 0 Å². The second-order valence-electron chi connectivity index (χ2n) is 7.33. The van der Waals surface area contributed by atoms with E-state index >= 15 is 0 Å². The summed E-state index contributed by atoms with van der Waals surface area (Å²) in [5.41, 5.74) is 1.55. The lowest BCUT2D eigenvalue weighted by molar-refractivity contribution is 0.295. The van der Waals surface area contributed by atoms with Crippen LogP contribution in [0.3, 0.4) is 0 Å². The van der Waals surface area contributed by atoms with E-state index in [1.165, 1.54) is 5.69 Å². The minimum Gasteiger partial charge on any atom is -0.497 e. The van der Waals surface area contributed by atoms with Gasteiger partial charge in [-0.15, -0.1) is 0 Å². The number of nitrogens with zero attached hydrogens (tertiary/aromatic N) is 1. The summed E-state index contributed by atoms with van der Waals surface area (Å²) in [5.74, 6) is 0.903. The highest BCUT2D eigenvalue weighted by Gasteiger charge is 2.23. The summed E-state index contributed by atoms with van der Waals surface area (Å²) in [6.07, 6.45) is 0. The molecule has 0 aliphatic rings. The quantitative estimate of drug-likeness (QED) is 0.861. The van der Waals surface area contributed by atoms with Gasteiger partial charge in [0, 0.05) is 37.4 Å². The molecule has 1 aromatic rings. The molecule has 0 radical (unpaired) electrons. The maximum absolute atomic E-state index is 5.29. The predicted octanol–water partition coefficient (Wildman–Crippen LogP) is 3.55. The van der Waals surface area contributed by atoms with Gasteiger partial charge >= 0.3 is 0 Å². The van der Waals surface area contributed by atoms with E-state index in [9.17, 15) is 0 Å². The Hall–Kier alpha value is -1.22. The van der Waals surface area contributed by atoms with Crippen molar-refractivity contribution in [2.75, 3.05) is 32.1 Å². The average molecular weight is 278 g/mol. The SMILES string of the molecule is COc1cccc(N(C)CC(C)(C)CNC(C)(C)C)c1. The van der Waals surface area contributed by atoms with Crippen molar-refractivity contribution in [3.63, 3.8) is 0 Å². The van der Waals surface area contributed by atoms with Crippen molar-refractivity contribution in [2.45, 2.75) is 40.2 Å². The summed E-state index contributed by atoms with van der Waals surface area (Å²) < 4.78 is 5.29. The Labute approximate surface area is 124 Å². The Balaban J connectivity index is 2.65. The van der Waals surface area contributed by atoms with Gasteiger partial charge in [0.25, 0.3) is 0 Å². The Kier molecular flexibility index (Phi) is 5.46. The molecule has 1 N–H and O–H groups in total. The first kappa shape index (κ1) is 16.8. The molecule has 0 bridgehead atoms. The molecule has 0 atom stereocenters. The normalized spacial score (nSPS) is 12.3. The molecular formula is C17H30N2O. The highest BCUT2D eigenvalue weighted by molar-refractivity contribution is 5.50. The lowest BCUT2D eigenvalue weighted by atomic mass is 9.91. The van der Waals surface area contributed by atoms with Gasteiger partial charge in [-0.2, -0.15) is 0 Å². The van der Waals surface area contributed by atoms with Crippen molar-refractivity contribution in [2.24, 2.45) is 5.41 Å². The molecular weight excluding hydrogens is 248 g/mol. The standard InChI is InChI=1S/C17H30N2O/c1-16(2,3)18-12-17(4,5)13-19(6)14-9-8-10-15(11-14)20-7/h8-11,18H,12-13H2,1-7H3. The van der Waals surface area contributed by atoms with Crippen LogP contribution in [-0.4, -0.2) is 32.8 Å². The fourth-order valence-electron chi connectivity index (χ4n) is 2.14. The molecule has 1 rings (SSSR count). The van der Waals surface area contributed by atoms with Crippen LogP contribution in [0.1, 0.15) is 34.6 Å². The average Bonchev–Trinajstić information content (AvgIpc) is 2.35. The third kappa shape index (κ3) is 5.83. The topological polar surface area (TPSA) is 24.5 Å². The summed E-state index contributed by atoms with van der Waals surface area (Å²) >= 11 is 0. The van der Waals surface area contributed by atoms with Crippen molar-refractivity contribution in [3.8, 4) is 5.75 Å². The molecule has 0 saturated carbocycles. The molecule has 20 heavy (non-hydrogen) atoms. The van der Waals surface area contributed by atoms with E-state index in [-0.39, 0.29) is 11.0 Å². The van der Waals surface area contributed by atoms with Crippen LogP contribution in [0.5, 0.6) is 5.75 Å². The summed E-state index contributed by atoms with van der Waals surface area (Å²) in [6.45, 7) is 13.2. The second-order valence-corrected chi connectivity index (χ2v) is 7.33. The third-order valence-electron chi connectivity index (χ3n) is 3.26. The molecule has 0 aliphatic heterocycles. The molecule has 0 saturated heterocycles. The van der Waals surface area contributed by atoms with Crippen LogP contribution in [0.15, 0.2) is 24.3 Å². The van der Waals surface area contributed by atoms with Crippen LogP contribution in [0.25, 0.3) is 0 Å². The van der Waals surface area contributed by atoms with E-state index in [2.05, 4.69) is 64.0 Å². The molecule has 3 heteroatoms. The Morgan fingerprint density at radius 3 is 2.35 bits per heavy atom. The van der Waals surface area contributed by atoms with E-state index in [0.717, 1.165) is 18.8 Å². The fourth-order valence-corrected chi connectivity index (χ4v) is 2.14. The zero-order valence-corrected chi connectivity index (χ0v) is 14.1. The highest BCUT2D eigenvalue weighted by Crippen LogP contribution is 2.24. The molecule has 0 amide bonds. The lowest BCUT2D eigenvalue weighted by Gasteiger charge is -2.34. The number of hydrogen-bond acceptors (Lipinski definition) is 3. The first-order valence-electron chi connectivity index (χ1n) is 7.23. The van der Waals surface area contributed by atoms with E-state index in [1.54, 1.807) is 7.11 Å². The van der Waals surface area contributed by atoms with E-state index in [4.69, 9.17) is 4.74 Å². The maximum Gasteiger partial charge on any atom is 0.120 e. The van der Waals surface area contributed by atoms with Gasteiger partial charge in [-0.05, 0) is 38.3 Å². The van der Waals surface area contributed by atoms with E-state index in [1.807, 2.05) is 12.1 Å². The number of methoxy groups -OCH3 is 1. The molecule has 0 fully saturated rings. The van der Waals surface area contributed by atoms with Gasteiger partial charge < -0.3 is 15.0 Å². The molecule has 0 heterocycles. The number of rotatable bonds is 6. The van der Waals surface area contributed by atoms with Crippen molar-refractivity contribution in [3.05, 3.63) is 24.3 Å². The molecule has 0 spiro atoms. The van der Waals surface area contributed by atoms with Crippen LogP contribution >= 0.6 is 0 Å². The second kappa shape index (κ2) is 6.49. The summed E-state index contributed by atoms with van der Waals surface area (Å²) in [7, 11) is 3.84. The van der Waals surface area contributed by atoms with Crippen molar-refractivity contribution < 1.29 is 4.74 Å². The number of anilines is 1. The zero-order chi connectivity index (χ0) is 15.4. The van der Waals surface area contributed by atoms with Crippen molar-refractivity contribution in [1.82, 2.24) is 5.32 Å². The van der Waals surface area contributed by atoms with E-state index < -0.39 is 0 Å². The van der Waals surface area contributed by atoms with Gasteiger partial charge in [0.15, 0.2) is 0 Å². The number of ether oxygens (including phenoxy) is 1. The molecule has 3 nitrogen and oxygen atoms in total. The monoisotopic (exact) mass is 278 g/mol. The van der Waals surface area contributed by atoms with Gasteiger partial charge in [0.2, 0.25) is 0 Å². The molecule has 114 valence electrons. The predicted molar refractivity (Wildman–Crippen MR) is 87.8 cm³/mol. The molecule has 1 aromatic carbocycles. The van der Waals surface area contributed by atoms with Crippen LogP contribution < -0.4 is 15.0 Å². The number of nitrogens with one attached hydrogen (secondary N) is 1. The maximum atomic E-state index is 5.29. The van der Waals surface area contributed by atoms with Gasteiger partial charge in [-0.3, -0.25) is 0 Å². The minimum atomic E-state index is 0.159.